The molecule has 0 aliphatic carbocycles. The SMILES string of the molecule is c1ccc(-c2ccc(-c3ccc4ccccc4c3)cc2N(c2ccccc2)c2ccc3oc4ccccc4c3c2)cc1. The molecule has 0 unspecified atom stereocenters. The van der Waals surface area contributed by atoms with Gasteiger partial charge in [0.1, 0.15) is 11.2 Å². The third-order valence-corrected chi connectivity index (χ3v) is 8.04. The van der Waals surface area contributed by atoms with Crippen molar-refractivity contribution in [2.24, 2.45) is 0 Å². The van der Waals surface area contributed by atoms with E-state index in [1.807, 2.05) is 12.1 Å². The molecule has 7 aromatic carbocycles. The Morgan fingerprint density at radius 2 is 1.05 bits per heavy atom. The number of anilines is 3. The first-order chi connectivity index (χ1) is 20.8. The van der Waals surface area contributed by atoms with Crippen molar-refractivity contribution in [2.45, 2.75) is 0 Å². The van der Waals surface area contributed by atoms with Crippen LogP contribution in [0, 0.1) is 0 Å². The molecule has 0 amide bonds. The second kappa shape index (κ2) is 10.1. The molecular formula is C40H27NO. The van der Waals surface area contributed by atoms with Crippen LogP contribution >= 0.6 is 0 Å². The van der Waals surface area contributed by atoms with Gasteiger partial charge in [-0.1, -0.05) is 115 Å². The molecule has 8 rings (SSSR count). The van der Waals surface area contributed by atoms with Gasteiger partial charge < -0.3 is 9.32 Å². The van der Waals surface area contributed by atoms with Gasteiger partial charge in [0, 0.05) is 27.7 Å². The smallest absolute Gasteiger partial charge is 0.135 e. The maximum absolute atomic E-state index is 6.19. The summed E-state index contributed by atoms with van der Waals surface area (Å²) < 4.78 is 6.19. The number of hydrogen-bond acceptors (Lipinski definition) is 2. The van der Waals surface area contributed by atoms with Crippen molar-refractivity contribution < 1.29 is 4.42 Å². The van der Waals surface area contributed by atoms with Gasteiger partial charge in [0.15, 0.2) is 0 Å². The van der Waals surface area contributed by atoms with Gasteiger partial charge in [-0.2, -0.15) is 0 Å². The summed E-state index contributed by atoms with van der Waals surface area (Å²) in [6, 6.07) is 58.1. The van der Waals surface area contributed by atoms with Gasteiger partial charge in [0.25, 0.3) is 0 Å². The zero-order valence-electron chi connectivity index (χ0n) is 22.9. The van der Waals surface area contributed by atoms with Crippen molar-refractivity contribution in [1.82, 2.24) is 0 Å². The van der Waals surface area contributed by atoms with Crippen LogP contribution in [0.3, 0.4) is 0 Å². The number of para-hydroxylation sites is 2. The minimum atomic E-state index is 0.890. The molecule has 0 radical (unpaired) electrons. The third kappa shape index (κ3) is 4.22. The average Bonchev–Trinajstić information content (AvgIpc) is 3.44. The predicted molar refractivity (Wildman–Crippen MR) is 177 cm³/mol. The van der Waals surface area contributed by atoms with Gasteiger partial charge in [-0.3, -0.25) is 0 Å². The summed E-state index contributed by atoms with van der Waals surface area (Å²) in [5, 5.41) is 4.71. The lowest BCUT2D eigenvalue weighted by Crippen LogP contribution is -2.11. The van der Waals surface area contributed by atoms with Gasteiger partial charge in [-0.15, -0.1) is 0 Å². The highest BCUT2D eigenvalue weighted by molar-refractivity contribution is 6.07. The predicted octanol–water partition coefficient (Wildman–Crippen LogP) is 11.5. The Bertz CT molecular complexity index is 2200. The Morgan fingerprint density at radius 3 is 1.90 bits per heavy atom. The molecule has 198 valence electrons. The summed E-state index contributed by atoms with van der Waals surface area (Å²) in [4.78, 5) is 2.37. The van der Waals surface area contributed by atoms with E-state index in [1.165, 1.54) is 33.0 Å². The van der Waals surface area contributed by atoms with E-state index >= 15 is 0 Å². The van der Waals surface area contributed by atoms with E-state index in [2.05, 4.69) is 157 Å². The zero-order chi connectivity index (χ0) is 27.9. The van der Waals surface area contributed by atoms with Crippen molar-refractivity contribution in [2.75, 3.05) is 4.90 Å². The molecule has 0 saturated heterocycles. The fraction of sp³-hybridized carbons (Fsp3) is 0. The fourth-order valence-corrected chi connectivity index (χ4v) is 5.98. The van der Waals surface area contributed by atoms with Crippen LogP contribution in [-0.4, -0.2) is 0 Å². The minimum Gasteiger partial charge on any atom is -0.456 e. The summed E-state index contributed by atoms with van der Waals surface area (Å²) in [6.45, 7) is 0. The highest BCUT2D eigenvalue weighted by atomic mass is 16.3. The highest BCUT2D eigenvalue weighted by Crippen LogP contribution is 2.44. The average molecular weight is 538 g/mol. The maximum atomic E-state index is 6.19. The van der Waals surface area contributed by atoms with Crippen molar-refractivity contribution in [1.29, 1.82) is 0 Å². The van der Waals surface area contributed by atoms with Crippen LogP contribution in [0.1, 0.15) is 0 Å². The zero-order valence-corrected chi connectivity index (χ0v) is 22.9. The normalized spacial score (nSPS) is 11.3. The topological polar surface area (TPSA) is 16.4 Å². The number of hydrogen-bond donors (Lipinski definition) is 0. The monoisotopic (exact) mass is 537 g/mol. The Balaban J connectivity index is 1.39. The van der Waals surface area contributed by atoms with Gasteiger partial charge in [-0.05, 0) is 76.0 Å². The minimum absolute atomic E-state index is 0.890. The number of fused-ring (bicyclic) bond motifs is 4. The Morgan fingerprint density at radius 1 is 0.381 bits per heavy atom. The van der Waals surface area contributed by atoms with Gasteiger partial charge in [0.05, 0.1) is 5.69 Å². The van der Waals surface area contributed by atoms with Crippen LogP contribution in [0.15, 0.2) is 168 Å². The van der Waals surface area contributed by atoms with Crippen LogP contribution in [0.2, 0.25) is 0 Å². The highest BCUT2D eigenvalue weighted by Gasteiger charge is 2.20. The van der Waals surface area contributed by atoms with Crippen LogP contribution < -0.4 is 4.90 Å². The van der Waals surface area contributed by atoms with E-state index in [0.29, 0.717) is 0 Å². The van der Waals surface area contributed by atoms with E-state index in [9.17, 15) is 0 Å². The number of furan rings is 1. The molecule has 1 heterocycles. The number of benzene rings is 7. The van der Waals surface area contributed by atoms with E-state index < -0.39 is 0 Å². The second-order valence-corrected chi connectivity index (χ2v) is 10.6. The fourth-order valence-electron chi connectivity index (χ4n) is 5.98. The molecule has 0 saturated carbocycles. The molecule has 8 aromatic rings. The van der Waals surface area contributed by atoms with E-state index in [4.69, 9.17) is 4.42 Å². The quantitative estimate of drug-likeness (QED) is 0.217. The molecule has 42 heavy (non-hydrogen) atoms. The first-order valence-electron chi connectivity index (χ1n) is 14.3. The molecular weight excluding hydrogens is 510 g/mol. The van der Waals surface area contributed by atoms with Crippen molar-refractivity contribution in [3.63, 3.8) is 0 Å². The van der Waals surface area contributed by atoms with Gasteiger partial charge in [0.2, 0.25) is 0 Å². The largest absolute Gasteiger partial charge is 0.456 e. The Hall–Kier alpha value is -5.60. The van der Waals surface area contributed by atoms with Crippen LogP contribution in [-0.2, 0) is 0 Å². The number of nitrogens with zero attached hydrogens (tertiary/aromatic N) is 1. The Kier molecular flexibility index (Phi) is 5.82. The van der Waals surface area contributed by atoms with E-state index in [-0.39, 0.29) is 0 Å². The van der Waals surface area contributed by atoms with Gasteiger partial charge >= 0.3 is 0 Å². The lowest BCUT2D eigenvalue weighted by atomic mass is 9.95. The molecule has 0 aliphatic rings. The summed E-state index contributed by atoms with van der Waals surface area (Å²) >= 11 is 0. The molecule has 2 nitrogen and oxygen atoms in total. The van der Waals surface area contributed by atoms with Crippen molar-refractivity contribution in [3.05, 3.63) is 164 Å². The number of rotatable bonds is 5. The summed E-state index contributed by atoms with van der Waals surface area (Å²) in [7, 11) is 0. The lowest BCUT2D eigenvalue weighted by Gasteiger charge is -2.28. The first kappa shape index (κ1) is 24.2. The van der Waals surface area contributed by atoms with Crippen LogP contribution in [0.25, 0.3) is 55.0 Å². The molecule has 0 fully saturated rings. The molecule has 0 aliphatic heterocycles. The first-order valence-corrected chi connectivity index (χ1v) is 14.3. The molecule has 0 N–H and O–H groups in total. The molecule has 2 heteroatoms. The summed E-state index contributed by atoms with van der Waals surface area (Å²) in [5.74, 6) is 0. The summed E-state index contributed by atoms with van der Waals surface area (Å²) in [6.07, 6.45) is 0. The van der Waals surface area contributed by atoms with E-state index in [0.717, 1.165) is 39.0 Å². The molecule has 0 atom stereocenters. The van der Waals surface area contributed by atoms with Crippen LogP contribution in [0.5, 0.6) is 0 Å². The standard InChI is InChI=1S/C40H27NO/c1-3-12-29(13-4-1)35-23-21-32(31-20-19-28-11-7-8-14-30(28)25-31)26-38(35)41(33-15-5-2-6-16-33)34-22-24-40-37(27-34)36-17-9-10-18-39(36)42-40/h1-27H. The maximum Gasteiger partial charge on any atom is 0.135 e. The Labute approximate surface area is 244 Å². The second-order valence-electron chi connectivity index (χ2n) is 10.6. The van der Waals surface area contributed by atoms with Gasteiger partial charge in [-0.25, -0.2) is 0 Å². The van der Waals surface area contributed by atoms with Crippen LogP contribution in [0.4, 0.5) is 17.1 Å². The third-order valence-electron chi connectivity index (χ3n) is 8.04. The summed E-state index contributed by atoms with van der Waals surface area (Å²) in [5.41, 5.74) is 9.79. The van der Waals surface area contributed by atoms with E-state index in [1.54, 1.807) is 0 Å². The molecule has 1 aromatic heterocycles. The molecule has 0 bridgehead atoms. The van der Waals surface area contributed by atoms with Crippen molar-refractivity contribution >= 4 is 49.8 Å². The van der Waals surface area contributed by atoms with Crippen molar-refractivity contribution in [3.8, 4) is 22.3 Å². The molecule has 0 spiro atoms. The lowest BCUT2D eigenvalue weighted by molar-refractivity contribution is 0.669.